The van der Waals surface area contributed by atoms with Gasteiger partial charge in [0.15, 0.2) is 15.5 Å². The molecule has 0 saturated carbocycles. The number of rotatable bonds is 17. The van der Waals surface area contributed by atoms with Crippen LogP contribution in [0.15, 0.2) is 65.6 Å². The second kappa shape index (κ2) is 18.9. The van der Waals surface area contributed by atoms with Crippen LogP contribution in [0, 0.1) is 0 Å². The summed E-state index contributed by atoms with van der Waals surface area (Å²) in [7, 11) is -3.86. The molecule has 1 unspecified atom stereocenters. The van der Waals surface area contributed by atoms with Crippen molar-refractivity contribution in [2.24, 2.45) is 0 Å². The molecule has 0 radical (unpaired) electrons. The summed E-state index contributed by atoms with van der Waals surface area (Å²) in [6.45, 7) is 14.3. The Hall–Kier alpha value is -2.98. The van der Waals surface area contributed by atoms with E-state index < -0.39 is 26.6 Å². The number of hydrogen-bond donors (Lipinski definition) is 2. The Morgan fingerprint density at radius 3 is 1.70 bits per heavy atom. The normalized spacial score (nSPS) is 22.8. The van der Waals surface area contributed by atoms with E-state index in [2.05, 4.69) is 10.6 Å². The molecule has 12 nitrogen and oxygen atoms in total. The predicted molar refractivity (Wildman–Crippen MR) is 224 cm³/mol. The fraction of sp³-hybridized carbons (Fsp3) is 0.512. The highest BCUT2D eigenvalue weighted by Crippen LogP contribution is 2.52. The number of halogens is 3. The van der Waals surface area contributed by atoms with Crippen LogP contribution in [0.4, 0.5) is 0 Å². The molecule has 2 saturated heterocycles. The quantitative estimate of drug-likeness (QED) is 0.164. The molecule has 312 valence electrons. The fourth-order valence-electron chi connectivity index (χ4n) is 7.70. The third kappa shape index (κ3) is 9.74. The van der Waals surface area contributed by atoms with Crippen molar-refractivity contribution in [2.45, 2.75) is 56.3 Å². The Bertz CT molecular complexity index is 1910. The van der Waals surface area contributed by atoms with E-state index in [1.54, 1.807) is 41.0 Å². The lowest BCUT2D eigenvalue weighted by Crippen LogP contribution is -2.63. The zero-order chi connectivity index (χ0) is 41.6. The number of sulfone groups is 1. The van der Waals surface area contributed by atoms with Crippen molar-refractivity contribution < 1.29 is 32.2 Å². The van der Waals surface area contributed by atoms with Crippen LogP contribution in [0.1, 0.15) is 51.3 Å². The van der Waals surface area contributed by atoms with Crippen LogP contribution in [0.25, 0.3) is 0 Å². The molecule has 0 aliphatic carbocycles. The second-order valence-corrected chi connectivity index (χ2v) is 17.9. The Morgan fingerprint density at radius 2 is 1.26 bits per heavy atom. The van der Waals surface area contributed by atoms with Gasteiger partial charge in [-0.25, -0.2) is 8.42 Å². The van der Waals surface area contributed by atoms with Crippen molar-refractivity contribution in [3.05, 3.63) is 92.4 Å². The van der Waals surface area contributed by atoms with Crippen molar-refractivity contribution in [1.82, 2.24) is 25.3 Å². The van der Waals surface area contributed by atoms with Gasteiger partial charge >= 0.3 is 0 Å². The Balaban J connectivity index is 1.58. The number of carbonyl (C=O) groups is 2. The van der Waals surface area contributed by atoms with Gasteiger partial charge in [0, 0.05) is 80.4 Å². The molecule has 0 aromatic heterocycles. The minimum atomic E-state index is -3.86. The van der Waals surface area contributed by atoms with Crippen LogP contribution in [0.5, 0.6) is 5.75 Å². The SMILES string of the molecule is CCOCCN(CCOCC)C(=O)CN1CCN(C(=O)C2(c3cc(S(C)(=O)=O)c(Cl)cc3OCC)N[C@@](C)(c3ccc(Cl)cc3)[C@@](C)(c3ccc(Cl)cc3)N2)CC1. The highest BCUT2D eigenvalue weighted by molar-refractivity contribution is 7.90. The number of nitrogens with zero attached hydrogens (tertiary/aromatic N) is 3. The fourth-order valence-corrected chi connectivity index (χ4v) is 9.27. The lowest BCUT2D eigenvalue weighted by Gasteiger charge is -2.41. The van der Waals surface area contributed by atoms with E-state index in [-0.39, 0.29) is 46.2 Å². The molecular formula is C41H54Cl3N5O7S. The summed E-state index contributed by atoms with van der Waals surface area (Å²) < 4.78 is 43.6. The maximum absolute atomic E-state index is 15.6. The third-order valence-corrected chi connectivity index (χ3v) is 13.0. The number of amides is 2. The molecule has 57 heavy (non-hydrogen) atoms. The van der Waals surface area contributed by atoms with E-state index >= 15 is 4.79 Å². The van der Waals surface area contributed by atoms with Crippen molar-refractivity contribution in [1.29, 1.82) is 0 Å². The van der Waals surface area contributed by atoms with Gasteiger partial charge in [-0.15, -0.1) is 0 Å². The van der Waals surface area contributed by atoms with E-state index in [1.165, 1.54) is 12.1 Å². The molecule has 16 heteroatoms. The minimum Gasteiger partial charge on any atom is -0.493 e. The lowest BCUT2D eigenvalue weighted by atomic mass is 9.72. The molecule has 2 aliphatic heterocycles. The molecule has 2 aliphatic rings. The maximum Gasteiger partial charge on any atom is 0.262 e. The third-order valence-electron chi connectivity index (χ3n) is 11.0. The monoisotopic (exact) mass is 865 g/mol. The Kier molecular flexibility index (Phi) is 15.0. The molecule has 5 rings (SSSR count). The summed E-state index contributed by atoms with van der Waals surface area (Å²) in [5.41, 5.74) is -1.99. The first-order valence-corrected chi connectivity index (χ1v) is 22.3. The van der Waals surface area contributed by atoms with Gasteiger partial charge in [-0.1, -0.05) is 59.1 Å². The summed E-state index contributed by atoms with van der Waals surface area (Å²) in [4.78, 5) is 34.5. The Labute approximate surface area is 352 Å². The zero-order valence-corrected chi connectivity index (χ0v) is 36.6. The topological polar surface area (TPSA) is 130 Å². The van der Waals surface area contributed by atoms with Crippen LogP contribution in [0.3, 0.4) is 0 Å². The van der Waals surface area contributed by atoms with Crippen LogP contribution in [-0.2, 0) is 45.6 Å². The van der Waals surface area contributed by atoms with Gasteiger partial charge in [0.1, 0.15) is 5.75 Å². The van der Waals surface area contributed by atoms with E-state index in [0.717, 1.165) is 17.4 Å². The Morgan fingerprint density at radius 1 is 0.772 bits per heavy atom. The van der Waals surface area contributed by atoms with Crippen LogP contribution in [0.2, 0.25) is 15.1 Å². The molecule has 3 atom stereocenters. The molecular weight excluding hydrogens is 813 g/mol. The zero-order valence-electron chi connectivity index (χ0n) is 33.5. The average molecular weight is 867 g/mol. The molecule has 0 spiro atoms. The van der Waals surface area contributed by atoms with E-state index in [9.17, 15) is 13.2 Å². The first-order valence-electron chi connectivity index (χ1n) is 19.3. The summed E-state index contributed by atoms with van der Waals surface area (Å²) in [5, 5.41) is 8.54. The highest BCUT2D eigenvalue weighted by Gasteiger charge is 2.65. The molecule has 2 heterocycles. The van der Waals surface area contributed by atoms with Gasteiger partial charge in [0.25, 0.3) is 5.91 Å². The van der Waals surface area contributed by atoms with Crippen LogP contribution < -0.4 is 15.4 Å². The predicted octanol–water partition coefficient (Wildman–Crippen LogP) is 5.67. The van der Waals surface area contributed by atoms with Gasteiger partial charge < -0.3 is 24.0 Å². The summed E-state index contributed by atoms with van der Waals surface area (Å²) in [5.74, 6) is -0.160. The van der Waals surface area contributed by atoms with Gasteiger partial charge in [-0.3, -0.25) is 25.1 Å². The minimum absolute atomic E-state index is 0.0268. The molecule has 3 aromatic rings. The van der Waals surface area contributed by atoms with Gasteiger partial charge in [0.2, 0.25) is 5.91 Å². The molecule has 2 amide bonds. The highest BCUT2D eigenvalue weighted by atomic mass is 35.5. The van der Waals surface area contributed by atoms with Crippen molar-refractivity contribution in [3.8, 4) is 5.75 Å². The number of piperazine rings is 1. The summed E-state index contributed by atoms with van der Waals surface area (Å²) in [6.07, 6.45) is 1.08. The van der Waals surface area contributed by atoms with E-state index in [0.29, 0.717) is 75.7 Å². The van der Waals surface area contributed by atoms with E-state index in [1.807, 2.05) is 56.9 Å². The standard InChI is InChI=1S/C41H54Cl3N5O7S/c1-7-54-24-22-48(23-25-55-8-2)37(50)28-47-18-20-49(21-19-47)38(51)41(33-26-36(57(6,52)53)34(44)27-35(33)56-9-3)45-39(4,29-10-14-31(42)15-11-29)40(5,46-41)30-12-16-32(43)17-13-30/h10-17,26-27,45-46H,7-9,18-25,28H2,1-6H3/t39-,40+,41?. The smallest absolute Gasteiger partial charge is 0.262 e. The van der Waals surface area contributed by atoms with Crippen molar-refractivity contribution >= 4 is 56.5 Å². The summed E-state index contributed by atoms with van der Waals surface area (Å²) >= 11 is 19.4. The lowest BCUT2D eigenvalue weighted by molar-refractivity contribution is -0.142. The largest absolute Gasteiger partial charge is 0.493 e. The van der Waals surface area contributed by atoms with Gasteiger partial charge in [0.05, 0.1) is 47.4 Å². The molecule has 2 N–H and O–H groups in total. The van der Waals surface area contributed by atoms with Crippen molar-refractivity contribution in [3.63, 3.8) is 0 Å². The van der Waals surface area contributed by atoms with Gasteiger partial charge in [-0.2, -0.15) is 0 Å². The molecule has 2 fully saturated rings. The number of ether oxygens (including phenoxy) is 3. The second-order valence-electron chi connectivity index (χ2n) is 14.6. The maximum atomic E-state index is 15.6. The summed E-state index contributed by atoms with van der Waals surface area (Å²) in [6, 6.07) is 17.7. The van der Waals surface area contributed by atoms with Gasteiger partial charge in [-0.05, 0) is 76.1 Å². The van der Waals surface area contributed by atoms with Crippen LogP contribution >= 0.6 is 34.8 Å². The number of benzene rings is 3. The number of hydrogen-bond acceptors (Lipinski definition) is 10. The average Bonchev–Trinajstić information content (AvgIpc) is 3.43. The molecule has 0 bridgehead atoms. The first kappa shape index (κ1) is 45.1. The first-order chi connectivity index (χ1) is 27.0. The van der Waals surface area contributed by atoms with Crippen molar-refractivity contribution in [2.75, 3.05) is 85.1 Å². The number of carbonyl (C=O) groups excluding carboxylic acids is 2. The molecule has 3 aromatic carbocycles. The van der Waals surface area contributed by atoms with Crippen LogP contribution in [-0.4, -0.2) is 120 Å². The number of nitrogens with one attached hydrogen (secondary N) is 2. The van der Waals surface area contributed by atoms with E-state index in [4.69, 9.17) is 49.0 Å².